The molecular weight excluding hydrogens is 375 g/mol. The molecule has 0 bridgehead atoms. The number of hydrogen-bond acceptors (Lipinski definition) is 5. The fourth-order valence-electron chi connectivity index (χ4n) is 2.59. The van der Waals surface area contributed by atoms with E-state index in [1.165, 1.54) is 24.5 Å². The normalized spacial score (nSPS) is 11.4. The van der Waals surface area contributed by atoms with Crippen LogP contribution in [0.1, 0.15) is 27.6 Å². The number of aromatic nitrogens is 4. The third-order valence-corrected chi connectivity index (χ3v) is 3.96. The molecule has 2 heterocycles. The predicted molar refractivity (Wildman–Crippen MR) is 94.4 cm³/mol. The summed E-state index contributed by atoms with van der Waals surface area (Å²) in [7, 11) is 0. The number of anilines is 1. The number of imidazole rings is 1. The summed E-state index contributed by atoms with van der Waals surface area (Å²) in [5, 5.41) is 2.59. The number of nitrogens with one attached hydrogen (secondary N) is 1. The molecule has 1 amide bonds. The molecule has 0 aliphatic heterocycles. The number of ether oxygens (including phenoxy) is 1. The molecule has 146 valence electrons. The van der Waals surface area contributed by atoms with Crippen LogP contribution in [0.15, 0.2) is 36.7 Å². The van der Waals surface area contributed by atoms with Gasteiger partial charge >= 0.3 is 6.36 Å². The molecule has 0 aliphatic rings. The van der Waals surface area contributed by atoms with Crippen LogP contribution in [0, 0.1) is 20.8 Å². The lowest BCUT2D eigenvalue weighted by Crippen LogP contribution is -2.17. The lowest BCUT2D eigenvalue weighted by Gasteiger charge is -2.10. The van der Waals surface area contributed by atoms with E-state index in [1.54, 1.807) is 4.57 Å². The Morgan fingerprint density at radius 2 is 1.68 bits per heavy atom. The number of rotatable bonds is 4. The van der Waals surface area contributed by atoms with Crippen LogP contribution >= 0.6 is 0 Å². The van der Waals surface area contributed by atoms with Crippen molar-refractivity contribution < 1.29 is 22.7 Å². The summed E-state index contributed by atoms with van der Waals surface area (Å²) in [5.74, 6) is 0.244. The Labute approximate surface area is 158 Å². The lowest BCUT2D eigenvalue weighted by molar-refractivity contribution is -0.274. The molecule has 0 fully saturated rings. The quantitative estimate of drug-likeness (QED) is 0.733. The van der Waals surface area contributed by atoms with Gasteiger partial charge in [0.25, 0.3) is 5.91 Å². The first-order chi connectivity index (χ1) is 13.1. The Bertz CT molecular complexity index is 996. The number of hydrogen-bond donors (Lipinski definition) is 1. The van der Waals surface area contributed by atoms with Crippen molar-refractivity contribution in [1.82, 2.24) is 19.5 Å². The van der Waals surface area contributed by atoms with Crippen LogP contribution in [0.25, 0.3) is 5.95 Å². The molecule has 1 N–H and O–H groups in total. The zero-order valence-electron chi connectivity index (χ0n) is 15.2. The van der Waals surface area contributed by atoms with Crippen molar-refractivity contribution in [2.45, 2.75) is 27.1 Å². The lowest BCUT2D eigenvalue weighted by atomic mass is 10.2. The van der Waals surface area contributed by atoms with Crippen molar-refractivity contribution in [2.75, 3.05) is 5.32 Å². The zero-order chi connectivity index (χ0) is 20.5. The highest BCUT2D eigenvalue weighted by Gasteiger charge is 2.31. The molecule has 0 saturated heterocycles. The van der Waals surface area contributed by atoms with Crippen molar-refractivity contribution in [3.63, 3.8) is 0 Å². The SMILES string of the molecule is Cc1nc(C)n(-c2ncc(NC(=O)c3ccc(OC(F)(F)F)cc3)cn2)c1C. The number of amides is 1. The summed E-state index contributed by atoms with van der Waals surface area (Å²) >= 11 is 0. The Balaban J connectivity index is 1.71. The van der Waals surface area contributed by atoms with Gasteiger partial charge in [-0.05, 0) is 45.0 Å². The van der Waals surface area contributed by atoms with E-state index in [0.29, 0.717) is 11.6 Å². The number of alkyl halides is 3. The van der Waals surface area contributed by atoms with Gasteiger partial charge in [0.15, 0.2) is 0 Å². The minimum Gasteiger partial charge on any atom is -0.406 e. The predicted octanol–water partition coefficient (Wildman–Crippen LogP) is 3.74. The molecule has 1 aromatic carbocycles. The molecule has 0 spiro atoms. The minimum atomic E-state index is -4.78. The molecule has 2 aromatic heterocycles. The minimum absolute atomic E-state index is 0.163. The first kappa shape index (κ1) is 19.3. The standard InChI is InChI=1S/C18H16F3N5O2/c1-10-11(2)26(12(3)24-10)17-22-8-14(9-23-17)25-16(27)13-4-6-15(7-5-13)28-18(19,20)21/h4-9H,1-3H3,(H,25,27). The first-order valence-electron chi connectivity index (χ1n) is 8.16. The van der Waals surface area contributed by atoms with Gasteiger partial charge in [0.1, 0.15) is 11.6 Å². The summed E-state index contributed by atoms with van der Waals surface area (Å²) in [6.45, 7) is 5.63. The van der Waals surface area contributed by atoms with E-state index < -0.39 is 18.0 Å². The van der Waals surface area contributed by atoms with Crippen molar-refractivity contribution >= 4 is 11.6 Å². The van der Waals surface area contributed by atoms with Crippen LogP contribution in [0.5, 0.6) is 5.75 Å². The van der Waals surface area contributed by atoms with E-state index in [0.717, 1.165) is 29.3 Å². The van der Waals surface area contributed by atoms with Crippen LogP contribution in [0.4, 0.5) is 18.9 Å². The topological polar surface area (TPSA) is 81.9 Å². The Morgan fingerprint density at radius 1 is 1.07 bits per heavy atom. The van der Waals surface area contributed by atoms with E-state index in [1.807, 2.05) is 20.8 Å². The fourth-order valence-corrected chi connectivity index (χ4v) is 2.59. The monoisotopic (exact) mass is 391 g/mol. The summed E-state index contributed by atoms with van der Waals surface area (Å²) < 4.78 is 42.1. The van der Waals surface area contributed by atoms with Crippen molar-refractivity contribution in [1.29, 1.82) is 0 Å². The second-order valence-corrected chi connectivity index (χ2v) is 5.96. The summed E-state index contributed by atoms with van der Waals surface area (Å²) in [5.41, 5.74) is 2.29. The Morgan fingerprint density at radius 3 is 2.18 bits per heavy atom. The van der Waals surface area contributed by atoms with Gasteiger partial charge in [-0.25, -0.2) is 15.0 Å². The maximum atomic E-state index is 12.2. The highest BCUT2D eigenvalue weighted by atomic mass is 19.4. The zero-order valence-corrected chi connectivity index (χ0v) is 15.2. The van der Waals surface area contributed by atoms with Crippen LogP contribution in [-0.2, 0) is 0 Å². The van der Waals surface area contributed by atoms with E-state index >= 15 is 0 Å². The Kier molecular flexibility index (Phi) is 5.04. The number of halogens is 3. The number of aryl methyl sites for hydroxylation is 2. The number of carbonyl (C=O) groups excluding carboxylic acids is 1. The van der Waals surface area contributed by atoms with Crippen molar-refractivity contribution in [3.8, 4) is 11.7 Å². The molecule has 0 unspecified atom stereocenters. The number of benzene rings is 1. The van der Waals surface area contributed by atoms with E-state index in [9.17, 15) is 18.0 Å². The summed E-state index contributed by atoms with van der Waals surface area (Å²) in [4.78, 5) is 25.1. The van der Waals surface area contributed by atoms with Crippen molar-refractivity contribution in [2.24, 2.45) is 0 Å². The molecule has 0 aliphatic carbocycles. The molecule has 10 heteroatoms. The average molecular weight is 391 g/mol. The molecule has 0 radical (unpaired) electrons. The van der Waals surface area contributed by atoms with Gasteiger partial charge in [-0.3, -0.25) is 9.36 Å². The second kappa shape index (κ2) is 7.29. The molecule has 7 nitrogen and oxygen atoms in total. The molecule has 28 heavy (non-hydrogen) atoms. The average Bonchev–Trinajstić information content (AvgIpc) is 2.87. The smallest absolute Gasteiger partial charge is 0.406 e. The Hall–Kier alpha value is -3.43. The van der Waals surface area contributed by atoms with E-state index in [4.69, 9.17) is 0 Å². The first-order valence-corrected chi connectivity index (χ1v) is 8.16. The second-order valence-electron chi connectivity index (χ2n) is 5.96. The van der Waals surface area contributed by atoms with Crippen LogP contribution in [0.3, 0.4) is 0 Å². The maximum Gasteiger partial charge on any atom is 0.573 e. The van der Waals surface area contributed by atoms with Gasteiger partial charge in [0.05, 0.1) is 23.8 Å². The molecule has 3 aromatic rings. The van der Waals surface area contributed by atoms with E-state index in [-0.39, 0.29) is 5.56 Å². The van der Waals surface area contributed by atoms with Crippen molar-refractivity contribution in [3.05, 3.63) is 59.4 Å². The molecule has 3 rings (SSSR count). The molecular formula is C18H16F3N5O2. The van der Waals surface area contributed by atoms with Crippen LogP contribution < -0.4 is 10.1 Å². The summed E-state index contributed by atoms with van der Waals surface area (Å²) in [6.07, 6.45) is -1.90. The van der Waals surface area contributed by atoms with Gasteiger partial charge in [-0.2, -0.15) is 0 Å². The largest absolute Gasteiger partial charge is 0.573 e. The molecule has 0 saturated carbocycles. The van der Waals surface area contributed by atoms with Crippen LogP contribution in [0.2, 0.25) is 0 Å². The van der Waals surface area contributed by atoms with Gasteiger partial charge in [0, 0.05) is 11.3 Å². The highest BCUT2D eigenvalue weighted by Crippen LogP contribution is 2.23. The number of nitrogens with zero attached hydrogens (tertiary/aromatic N) is 4. The van der Waals surface area contributed by atoms with E-state index in [2.05, 4.69) is 25.0 Å². The maximum absolute atomic E-state index is 12.2. The molecule has 0 atom stereocenters. The summed E-state index contributed by atoms with van der Waals surface area (Å²) in [6, 6.07) is 4.59. The van der Waals surface area contributed by atoms with Gasteiger partial charge < -0.3 is 10.1 Å². The number of carbonyl (C=O) groups is 1. The van der Waals surface area contributed by atoms with Gasteiger partial charge in [-0.15, -0.1) is 13.2 Å². The third kappa shape index (κ3) is 4.27. The van der Waals surface area contributed by atoms with Gasteiger partial charge in [0.2, 0.25) is 5.95 Å². The highest BCUT2D eigenvalue weighted by molar-refractivity contribution is 6.04. The third-order valence-electron chi connectivity index (χ3n) is 3.96. The van der Waals surface area contributed by atoms with Gasteiger partial charge in [-0.1, -0.05) is 0 Å². The fraction of sp³-hybridized carbons (Fsp3) is 0.222. The van der Waals surface area contributed by atoms with Crippen LogP contribution in [-0.4, -0.2) is 31.8 Å².